The van der Waals surface area contributed by atoms with Crippen LogP contribution in [0, 0.1) is 0 Å². The van der Waals surface area contributed by atoms with Crippen LogP contribution in [0.4, 0.5) is 0 Å². The van der Waals surface area contributed by atoms with E-state index in [-0.39, 0.29) is 16.4 Å². The number of ether oxygens (including phenoxy) is 1. The Kier molecular flexibility index (Phi) is 5.99. The fraction of sp³-hybridized carbons (Fsp3) is 0.529. The minimum Gasteiger partial charge on any atom is -0.449 e. The third-order valence-electron chi connectivity index (χ3n) is 4.06. The number of carbonyl (C=O) groups excluding carboxylic acids is 2. The summed E-state index contributed by atoms with van der Waals surface area (Å²) in [7, 11) is -3.56. The highest BCUT2D eigenvalue weighted by Crippen LogP contribution is 2.18. The molecule has 0 N–H and O–H groups in total. The lowest BCUT2D eigenvalue weighted by atomic mass is 10.2. The lowest BCUT2D eigenvalue weighted by Gasteiger charge is -2.24. The van der Waals surface area contributed by atoms with Gasteiger partial charge in [0, 0.05) is 19.3 Å². The summed E-state index contributed by atoms with van der Waals surface area (Å²) >= 11 is 0. The van der Waals surface area contributed by atoms with Crippen LogP contribution in [-0.4, -0.2) is 50.6 Å². The molecule has 1 amide bonds. The van der Waals surface area contributed by atoms with Gasteiger partial charge >= 0.3 is 5.97 Å². The highest BCUT2D eigenvalue weighted by molar-refractivity contribution is 7.90. The van der Waals surface area contributed by atoms with Crippen molar-refractivity contribution in [3.8, 4) is 0 Å². The maximum atomic E-state index is 12.4. The van der Waals surface area contributed by atoms with Gasteiger partial charge in [0.25, 0.3) is 5.91 Å². The number of benzene rings is 1. The predicted octanol–water partition coefficient (Wildman–Crippen LogP) is 2.04. The van der Waals surface area contributed by atoms with Gasteiger partial charge in [0.15, 0.2) is 15.9 Å². The molecule has 0 radical (unpaired) electrons. The van der Waals surface area contributed by atoms with E-state index in [1.165, 1.54) is 19.1 Å². The zero-order chi connectivity index (χ0) is 17.7. The van der Waals surface area contributed by atoms with Crippen molar-refractivity contribution in [1.29, 1.82) is 0 Å². The molecule has 0 bridgehead atoms. The Morgan fingerprint density at radius 2 is 1.67 bits per heavy atom. The highest BCUT2D eigenvalue weighted by Gasteiger charge is 2.27. The summed E-state index contributed by atoms with van der Waals surface area (Å²) in [5.74, 6) is -1.03. The van der Waals surface area contributed by atoms with Gasteiger partial charge in [0.2, 0.25) is 0 Å². The zero-order valence-electron chi connectivity index (χ0n) is 14.0. The molecule has 1 aliphatic rings. The normalized spacial score (nSPS) is 17.0. The zero-order valence-corrected chi connectivity index (χ0v) is 14.8. The number of hydrogen-bond acceptors (Lipinski definition) is 5. The van der Waals surface area contributed by atoms with Crippen molar-refractivity contribution in [1.82, 2.24) is 4.90 Å². The highest BCUT2D eigenvalue weighted by atomic mass is 32.2. The summed E-state index contributed by atoms with van der Waals surface area (Å²) in [6.07, 6.45) is 4.18. The van der Waals surface area contributed by atoms with Crippen LogP contribution in [0.1, 0.15) is 43.0 Å². The smallest absolute Gasteiger partial charge is 0.340 e. The Morgan fingerprint density at radius 3 is 2.25 bits per heavy atom. The van der Waals surface area contributed by atoms with E-state index in [2.05, 4.69) is 0 Å². The van der Waals surface area contributed by atoms with Gasteiger partial charge in [0.05, 0.1) is 10.5 Å². The SMILES string of the molecule is CC(OC(=O)c1ccccc1S(C)(=O)=O)C(=O)N1CCCCCC1. The maximum Gasteiger partial charge on any atom is 0.340 e. The number of likely N-dealkylation sites (tertiary alicyclic amines) is 1. The number of hydrogen-bond donors (Lipinski definition) is 0. The van der Waals surface area contributed by atoms with Crippen molar-refractivity contribution < 1.29 is 22.7 Å². The Morgan fingerprint density at radius 1 is 1.08 bits per heavy atom. The molecule has 0 aromatic heterocycles. The molecule has 1 atom stereocenters. The van der Waals surface area contributed by atoms with E-state index in [0.717, 1.165) is 31.9 Å². The van der Waals surface area contributed by atoms with E-state index >= 15 is 0 Å². The minimum absolute atomic E-state index is 0.0458. The van der Waals surface area contributed by atoms with E-state index in [9.17, 15) is 18.0 Å². The van der Waals surface area contributed by atoms with E-state index in [1.807, 2.05) is 0 Å². The molecular formula is C17H23NO5S. The van der Waals surface area contributed by atoms with Crippen molar-refractivity contribution in [3.63, 3.8) is 0 Å². The molecule has 1 heterocycles. The first-order chi connectivity index (χ1) is 11.3. The van der Waals surface area contributed by atoms with Crippen LogP contribution in [0.15, 0.2) is 29.2 Å². The van der Waals surface area contributed by atoms with Crippen LogP contribution in [0.3, 0.4) is 0 Å². The van der Waals surface area contributed by atoms with Crippen LogP contribution in [0.25, 0.3) is 0 Å². The molecular weight excluding hydrogens is 330 g/mol. The molecule has 0 saturated carbocycles. The average Bonchev–Trinajstić information content (AvgIpc) is 2.82. The molecule has 1 aromatic rings. The summed E-state index contributed by atoms with van der Waals surface area (Å²) < 4.78 is 28.8. The number of carbonyl (C=O) groups is 2. The van der Waals surface area contributed by atoms with Gasteiger partial charge in [-0.2, -0.15) is 0 Å². The second-order valence-electron chi connectivity index (χ2n) is 6.06. The van der Waals surface area contributed by atoms with Gasteiger partial charge in [0.1, 0.15) is 0 Å². The molecule has 2 rings (SSSR count). The van der Waals surface area contributed by atoms with Crippen molar-refractivity contribution in [3.05, 3.63) is 29.8 Å². The molecule has 1 aromatic carbocycles. The predicted molar refractivity (Wildman–Crippen MR) is 89.5 cm³/mol. The molecule has 0 spiro atoms. The summed E-state index contributed by atoms with van der Waals surface area (Å²) in [5, 5.41) is 0. The third kappa shape index (κ3) is 4.56. The molecule has 1 aliphatic heterocycles. The van der Waals surface area contributed by atoms with Crippen molar-refractivity contribution in [2.75, 3.05) is 19.3 Å². The largest absolute Gasteiger partial charge is 0.449 e. The molecule has 24 heavy (non-hydrogen) atoms. The average molecular weight is 353 g/mol. The number of nitrogens with zero attached hydrogens (tertiary/aromatic N) is 1. The van der Waals surface area contributed by atoms with Gasteiger partial charge in [-0.1, -0.05) is 25.0 Å². The van der Waals surface area contributed by atoms with Crippen molar-refractivity contribution in [2.24, 2.45) is 0 Å². The van der Waals surface area contributed by atoms with E-state index in [0.29, 0.717) is 13.1 Å². The van der Waals surface area contributed by atoms with Gasteiger partial charge in [-0.15, -0.1) is 0 Å². The molecule has 1 saturated heterocycles. The van der Waals surface area contributed by atoms with Crippen LogP contribution in [0.2, 0.25) is 0 Å². The quantitative estimate of drug-likeness (QED) is 0.774. The van der Waals surface area contributed by atoms with Gasteiger partial charge in [-0.25, -0.2) is 13.2 Å². The summed E-state index contributed by atoms with van der Waals surface area (Å²) in [5.41, 5.74) is -0.0458. The first-order valence-corrected chi connectivity index (χ1v) is 9.98. The summed E-state index contributed by atoms with van der Waals surface area (Å²) in [6.45, 7) is 2.86. The van der Waals surface area contributed by atoms with Gasteiger partial charge in [-0.3, -0.25) is 4.79 Å². The topological polar surface area (TPSA) is 80.8 Å². The lowest BCUT2D eigenvalue weighted by molar-refractivity contribution is -0.139. The Bertz CT molecular complexity index is 705. The first-order valence-electron chi connectivity index (χ1n) is 8.09. The van der Waals surface area contributed by atoms with Crippen LogP contribution in [0.5, 0.6) is 0 Å². The molecule has 1 unspecified atom stereocenters. The summed E-state index contributed by atoms with van der Waals surface area (Å²) in [4.78, 5) is 26.4. The Hall–Kier alpha value is -1.89. The fourth-order valence-corrected chi connectivity index (χ4v) is 3.66. The minimum atomic E-state index is -3.56. The van der Waals surface area contributed by atoms with Crippen LogP contribution < -0.4 is 0 Å². The van der Waals surface area contributed by atoms with Gasteiger partial charge in [-0.05, 0) is 31.9 Å². The lowest BCUT2D eigenvalue weighted by Crippen LogP contribution is -2.40. The van der Waals surface area contributed by atoms with Crippen molar-refractivity contribution in [2.45, 2.75) is 43.6 Å². The number of esters is 1. The Labute approximate surface area is 142 Å². The molecule has 1 fully saturated rings. The van der Waals surface area contributed by atoms with Gasteiger partial charge < -0.3 is 9.64 Å². The second kappa shape index (κ2) is 7.79. The molecule has 132 valence electrons. The van der Waals surface area contributed by atoms with Crippen molar-refractivity contribution >= 4 is 21.7 Å². The molecule has 0 aliphatic carbocycles. The number of rotatable bonds is 4. The monoisotopic (exact) mass is 353 g/mol. The van der Waals surface area contributed by atoms with E-state index in [4.69, 9.17) is 4.74 Å². The first kappa shape index (κ1) is 18.4. The standard InChI is InChI=1S/C17H23NO5S/c1-13(16(19)18-11-7-3-4-8-12-18)23-17(20)14-9-5-6-10-15(14)24(2,21)22/h5-6,9-10,13H,3-4,7-8,11-12H2,1-2H3. The molecule has 7 heteroatoms. The molecule has 6 nitrogen and oxygen atoms in total. The third-order valence-corrected chi connectivity index (χ3v) is 5.21. The Balaban J connectivity index is 2.10. The maximum absolute atomic E-state index is 12.4. The van der Waals surface area contributed by atoms with Crippen LogP contribution in [-0.2, 0) is 19.4 Å². The second-order valence-corrected chi connectivity index (χ2v) is 8.04. The number of amides is 1. The summed E-state index contributed by atoms with van der Waals surface area (Å²) in [6, 6.07) is 5.85. The fourth-order valence-electron chi connectivity index (χ4n) is 2.78. The van der Waals surface area contributed by atoms with E-state index in [1.54, 1.807) is 17.0 Å². The van der Waals surface area contributed by atoms with E-state index < -0.39 is 21.9 Å². The van der Waals surface area contributed by atoms with Crippen LogP contribution >= 0.6 is 0 Å². The number of sulfone groups is 1.